The summed E-state index contributed by atoms with van der Waals surface area (Å²) in [5, 5.41) is 13.4. The highest BCUT2D eigenvalue weighted by atomic mass is 16.5. The average Bonchev–Trinajstić information content (AvgIpc) is 2.72. The highest BCUT2D eigenvalue weighted by Gasteiger charge is 2.30. The van der Waals surface area contributed by atoms with Gasteiger partial charge in [-0.3, -0.25) is 4.79 Å². The van der Waals surface area contributed by atoms with Crippen LogP contribution >= 0.6 is 0 Å². The lowest BCUT2D eigenvalue weighted by Crippen LogP contribution is -2.44. The van der Waals surface area contributed by atoms with Crippen molar-refractivity contribution in [1.29, 1.82) is 0 Å². The minimum atomic E-state index is -0.763. The van der Waals surface area contributed by atoms with Crippen molar-refractivity contribution < 1.29 is 14.6 Å². The first kappa shape index (κ1) is 16.0. The summed E-state index contributed by atoms with van der Waals surface area (Å²) in [6, 6.07) is 9.41. The molecule has 1 aliphatic rings. The molecule has 4 heteroatoms. The zero-order chi connectivity index (χ0) is 15.1. The van der Waals surface area contributed by atoms with Gasteiger partial charge in [-0.1, -0.05) is 56.0 Å². The number of ether oxygens (including phenoxy) is 1. The third kappa shape index (κ3) is 4.55. The third-order valence-electron chi connectivity index (χ3n) is 4.20. The summed E-state index contributed by atoms with van der Waals surface area (Å²) in [6.45, 7) is 0.304. The number of benzene rings is 1. The van der Waals surface area contributed by atoms with Crippen LogP contribution < -0.4 is 5.32 Å². The van der Waals surface area contributed by atoms with E-state index in [4.69, 9.17) is 4.74 Å². The normalized spacial score (nSPS) is 19.5. The SMILES string of the molecule is COC(C(=O)NCC1(O)CCCCCC1)c1ccccc1. The Kier molecular flexibility index (Phi) is 5.76. The molecule has 0 aliphatic heterocycles. The van der Waals surface area contributed by atoms with Gasteiger partial charge in [-0.25, -0.2) is 0 Å². The molecule has 1 atom stereocenters. The Morgan fingerprint density at radius 2 is 1.86 bits per heavy atom. The van der Waals surface area contributed by atoms with Gasteiger partial charge in [0.2, 0.25) is 0 Å². The summed E-state index contributed by atoms with van der Waals surface area (Å²) >= 11 is 0. The van der Waals surface area contributed by atoms with Crippen molar-refractivity contribution in [3.63, 3.8) is 0 Å². The molecular formula is C17H25NO3. The van der Waals surface area contributed by atoms with Gasteiger partial charge in [0.1, 0.15) is 0 Å². The molecule has 1 amide bonds. The maximum absolute atomic E-state index is 12.3. The van der Waals surface area contributed by atoms with E-state index in [1.54, 1.807) is 0 Å². The molecule has 4 nitrogen and oxygen atoms in total. The van der Waals surface area contributed by atoms with E-state index in [-0.39, 0.29) is 5.91 Å². The lowest BCUT2D eigenvalue weighted by Gasteiger charge is -2.27. The molecule has 1 saturated carbocycles. The van der Waals surface area contributed by atoms with E-state index in [9.17, 15) is 9.90 Å². The van der Waals surface area contributed by atoms with E-state index in [2.05, 4.69) is 5.32 Å². The van der Waals surface area contributed by atoms with Gasteiger partial charge in [-0.05, 0) is 18.4 Å². The Hall–Kier alpha value is -1.39. The fourth-order valence-electron chi connectivity index (χ4n) is 2.93. The molecular weight excluding hydrogens is 266 g/mol. The molecule has 21 heavy (non-hydrogen) atoms. The van der Waals surface area contributed by atoms with Crippen molar-refractivity contribution in [3.05, 3.63) is 35.9 Å². The second kappa shape index (κ2) is 7.57. The van der Waals surface area contributed by atoms with Crippen LogP contribution in [0.15, 0.2) is 30.3 Å². The molecule has 0 heterocycles. The molecule has 0 aromatic heterocycles. The number of aliphatic hydroxyl groups is 1. The first-order valence-electron chi connectivity index (χ1n) is 7.72. The number of rotatable bonds is 5. The predicted molar refractivity (Wildman–Crippen MR) is 81.9 cm³/mol. The van der Waals surface area contributed by atoms with Gasteiger partial charge in [0.05, 0.1) is 5.60 Å². The monoisotopic (exact) mass is 291 g/mol. The highest BCUT2D eigenvalue weighted by molar-refractivity contribution is 5.82. The second-order valence-corrected chi connectivity index (χ2v) is 5.88. The molecule has 2 N–H and O–H groups in total. The molecule has 0 bridgehead atoms. The Morgan fingerprint density at radius 3 is 2.43 bits per heavy atom. The van der Waals surface area contributed by atoms with Crippen LogP contribution in [-0.2, 0) is 9.53 Å². The number of carbonyl (C=O) groups excluding carboxylic acids is 1. The third-order valence-corrected chi connectivity index (χ3v) is 4.20. The summed E-state index contributed by atoms with van der Waals surface area (Å²) in [5.41, 5.74) is 0.0616. The van der Waals surface area contributed by atoms with Gasteiger partial charge >= 0.3 is 0 Å². The lowest BCUT2D eigenvalue weighted by molar-refractivity contribution is -0.132. The molecule has 1 unspecified atom stereocenters. The molecule has 1 fully saturated rings. The van der Waals surface area contributed by atoms with Crippen LogP contribution in [0.5, 0.6) is 0 Å². The van der Waals surface area contributed by atoms with E-state index in [1.165, 1.54) is 20.0 Å². The molecule has 0 radical (unpaired) electrons. The Morgan fingerprint density at radius 1 is 1.24 bits per heavy atom. The zero-order valence-electron chi connectivity index (χ0n) is 12.7. The van der Waals surface area contributed by atoms with E-state index in [0.29, 0.717) is 6.54 Å². The number of methoxy groups -OCH3 is 1. The van der Waals surface area contributed by atoms with E-state index in [0.717, 1.165) is 31.2 Å². The first-order valence-corrected chi connectivity index (χ1v) is 7.72. The minimum absolute atomic E-state index is 0.193. The molecule has 0 saturated heterocycles. The van der Waals surface area contributed by atoms with Crippen LogP contribution in [0, 0.1) is 0 Å². The molecule has 116 valence electrons. The predicted octanol–water partition coefficient (Wildman–Crippen LogP) is 2.58. The highest BCUT2D eigenvalue weighted by Crippen LogP contribution is 2.26. The second-order valence-electron chi connectivity index (χ2n) is 5.88. The van der Waals surface area contributed by atoms with E-state index >= 15 is 0 Å². The quantitative estimate of drug-likeness (QED) is 0.820. The molecule has 1 aromatic rings. The molecule has 1 aromatic carbocycles. The van der Waals surface area contributed by atoms with Gasteiger partial charge in [-0.2, -0.15) is 0 Å². The largest absolute Gasteiger partial charge is 0.388 e. The number of carbonyl (C=O) groups is 1. The van der Waals surface area contributed by atoms with Crippen molar-refractivity contribution in [1.82, 2.24) is 5.32 Å². The first-order chi connectivity index (χ1) is 10.1. The minimum Gasteiger partial charge on any atom is -0.388 e. The summed E-state index contributed by atoms with van der Waals surface area (Å²) in [5.74, 6) is -0.193. The van der Waals surface area contributed by atoms with Crippen molar-refractivity contribution in [3.8, 4) is 0 Å². The number of hydrogen-bond acceptors (Lipinski definition) is 3. The van der Waals surface area contributed by atoms with Crippen molar-refractivity contribution >= 4 is 5.91 Å². The van der Waals surface area contributed by atoms with Gasteiger partial charge in [-0.15, -0.1) is 0 Å². The van der Waals surface area contributed by atoms with Crippen LogP contribution in [0.2, 0.25) is 0 Å². The standard InChI is InChI=1S/C17H25NO3/c1-21-15(14-9-5-4-6-10-14)16(19)18-13-17(20)11-7-2-3-8-12-17/h4-6,9-10,15,20H,2-3,7-8,11-13H2,1H3,(H,18,19). The Labute approximate surface area is 126 Å². The summed E-state index contributed by atoms with van der Waals surface area (Å²) in [4.78, 5) is 12.3. The van der Waals surface area contributed by atoms with Gasteiger partial charge < -0.3 is 15.2 Å². The number of hydrogen-bond donors (Lipinski definition) is 2. The van der Waals surface area contributed by atoms with Gasteiger partial charge in [0.15, 0.2) is 6.10 Å². The van der Waals surface area contributed by atoms with Gasteiger partial charge in [0.25, 0.3) is 5.91 Å². The number of amides is 1. The van der Waals surface area contributed by atoms with Gasteiger partial charge in [0, 0.05) is 13.7 Å². The van der Waals surface area contributed by atoms with Crippen molar-refractivity contribution in [2.24, 2.45) is 0 Å². The Bertz CT molecular complexity index is 439. The summed E-state index contributed by atoms with van der Waals surface area (Å²) in [7, 11) is 1.53. The average molecular weight is 291 g/mol. The van der Waals surface area contributed by atoms with Crippen LogP contribution in [0.3, 0.4) is 0 Å². The summed E-state index contributed by atoms with van der Waals surface area (Å²) < 4.78 is 5.30. The summed E-state index contributed by atoms with van der Waals surface area (Å²) in [6.07, 6.45) is 5.28. The fourth-order valence-corrected chi connectivity index (χ4v) is 2.93. The maximum Gasteiger partial charge on any atom is 0.253 e. The van der Waals surface area contributed by atoms with E-state index in [1.807, 2.05) is 30.3 Å². The smallest absolute Gasteiger partial charge is 0.253 e. The van der Waals surface area contributed by atoms with Crippen LogP contribution in [-0.4, -0.2) is 30.3 Å². The van der Waals surface area contributed by atoms with Crippen molar-refractivity contribution in [2.75, 3.05) is 13.7 Å². The Balaban J connectivity index is 1.93. The lowest BCUT2D eigenvalue weighted by atomic mass is 9.94. The van der Waals surface area contributed by atoms with Crippen LogP contribution in [0.25, 0.3) is 0 Å². The molecule has 2 rings (SSSR count). The van der Waals surface area contributed by atoms with E-state index < -0.39 is 11.7 Å². The van der Waals surface area contributed by atoms with Crippen LogP contribution in [0.4, 0.5) is 0 Å². The topological polar surface area (TPSA) is 58.6 Å². The maximum atomic E-state index is 12.3. The fraction of sp³-hybridized carbons (Fsp3) is 0.588. The van der Waals surface area contributed by atoms with Crippen molar-refractivity contribution in [2.45, 2.75) is 50.2 Å². The number of nitrogens with one attached hydrogen (secondary N) is 1. The van der Waals surface area contributed by atoms with Crippen LogP contribution in [0.1, 0.15) is 50.2 Å². The zero-order valence-corrected chi connectivity index (χ0v) is 12.7. The molecule has 0 spiro atoms. The molecule has 1 aliphatic carbocycles.